The van der Waals surface area contributed by atoms with Crippen molar-refractivity contribution in [3.8, 4) is 0 Å². The van der Waals surface area contributed by atoms with Crippen LogP contribution in [0.3, 0.4) is 0 Å². The van der Waals surface area contributed by atoms with Crippen molar-refractivity contribution in [1.29, 1.82) is 0 Å². The molecule has 0 spiro atoms. The molecule has 0 aliphatic rings. The highest BCUT2D eigenvalue weighted by molar-refractivity contribution is 5.87. The van der Waals surface area contributed by atoms with Crippen LogP contribution in [0.4, 0.5) is 0 Å². The summed E-state index contributed by atoms with van der Waals surface area (Å²) in [6, 6.07) is -0.812. The lowest BCUT2D eigenvalue weighted by molar-refractivity contribution is -0.126. The summed E-state index contributed by atoms with van der Waals surface area (Å²) in [5.41, 5.74) is 10.4. The average Bonchev–Trinajstić information content (AvgIpc) is 2.26. The molecule has 5 heteroatoms. The molecule has 0 fully saturated rings. The van der Waals surface area contributed by atoms with Crippen LogP contribution in [0.25, 0.3) is 0 Å². The molecule has 17 heavy (non-hydrogen) atoms. The number of amides is 2. The SMILES string of the molecule is CCCCCCCCNC(=O)[C@@H](N)CC(N)=O. The number of nitrogens with two attached hydrogens (primary N) is 2. The Morgan fingerprint density at radius 2 is 1.71 bits per heavy atom. The molecule has 0 unspecified atom stereocenters. The molecule has 100 valence electrons. The lowest BCUT2D eigenvalue weighted by Crippen LogP contribution is -2.43. The highest BCUT2D eigenvalue weighted by Gasteiger charge is 2.14. The second kappa shape index (κ2) is 10.1. The van der Waals surface area contributed by atoms with Crippen molar-refractivity contribution in [3.05, 3.63) is 0 Å². The van der Waals surface area contributed by atoms with Gasteiger partial charge in [0.15, 0.2) is 0 Å². The Hall–Kier alpha value is -1.10. The molecule has 0 bridgehead atoms. The average molecular weight is 243 g/mol. The van der Waals surface area contributed by atoms with Gasteiger partial charge in [0, 0.05) is 6.54 Å². The third-order valence-corrected chi connectivity index (χ3v) is 2.59. The first-order valence-corrected chi connectivity index (χ1v) is 6.39. The molecular formula is C12H25N3O2. The number of nitrogens with one attached hydrogen (secondary N) is 1. The Morgan fingerprint density at radius 3 is 2.29 bits per heavy atom. The summed E-state index contributed by atoms with van der Waals surface area (Å²) in [6.07, 6.45) is 6.95. The van der Waals surface area contributed by atoms with E-state index < -0.39 is 11.9 Å². The number of primary amides is 1. The summed E-state index contributed by atoms with van der Waals surface area (Å²) in [7, 11) is 0. The molecular weight excluding hydrogens is 218 g/mol. The molecule has 2 amide bonds. The molecule has 0 rings (SSSR count). The van der Waals surface area contributed by atoms with Gasteiger partial charge >= 0.3 is 0 Å². The van der Waals surface area contributed by atoms with E-state index in [0.717, 1.165) is 12.8 Å². The minimum absolute atomic E-state index is 0.0949. The second-order valence-electron chi connectivity index (χ2n) is 4.34. The lowest BCUT2D eigenvalue weighted by atomic mass is 10.1. The summed E-state index contributed by atoms with van der Waals surface area (Å²) >= 11 is 0. The topological polar surface area (TPSA) is 98.2 Å². The molecule has 0 saturated heterocycles. The first-order valence-electron chi connectivity index (χ1n) is 6.39. The molecule has 5 N–H and O–H groups in total. The standard InChI is InChI=1S/C12H25N3O2/c1-2-3-4-5-6-7-8-15-12(17)10(13)9-11(14)16/h10H,2-9,13H2,1H3,(H2,14,16)(H,15,17)/t10-/m0/s1. The number of carbonyl (C=O) groups is 2. The molecule has 0 aliphatic carbocycles. The molecule has 0 radical (unpaired) electrons. The molecule has 0 aromatic carbocycles. The monoisotopic (exact) mass is 243 g/mol. The van der Waals surface area contributed by atoms with Gasteiger partial charge in [0.2, 0.25) is 11.8 Å². The third-order valence-electron chi connectivity index (χ3n) is 2.59. The second-order valence-corrected chi connectivity index (χ2v) is 4.34. The van der Waals surface area contributed by atoms with Crippen molar-refractivity contribution >= 4 is 11.8 Å². The molecule has 1 atom stereocenters. The van der Waals surface area contributed by atoms with Gasteiger partial charge < -0.3 is 16.8 Å². The van der Waals surface area contributed by atoms with E-state index in [1.807, 2.05) is 0 Å². The van der Waals surface area contributed by atoms with E-state index in [2.05, 4.69) is 12.2 Å². The Balaban J connectivity index is 3.41. The predicted molar refractivity (Wildman–Crippen MR) is 68.2 cm³/mol. The van der Waals surface area contributed by atoms with E-state index in [1.54, 1.807) is 0 Å². The molecule has 0 heterocycles. The first kappa shape index (κ1) is 15.9. The Labute approximate surface area is 103 Å². The quantitative estimate of drug-likeness (QED) is 0.492. The Morgan fingerprint density at radius 1 is 1.12 bits per heavy atom. The van der Waals surface area contributed by atoms with Crippen LogP contribution in [-0.2, 0) is 9.59 Å². The summed E-state index contributed by atoms with van der Waals surface area (Å²) in [6.45, 7) is 2.80. The van der Waals surface area contributed by atoms with Gasteiger partial charge in [-0.15, -0.1) is 0 Å². The fourth-order valence-electron chi connectivity index (χ4n) is 1.56. The minimum Gasteiger partial charge on any atom is -0.370 e. The van der Waals surface area contributed by atoms with Crippen LogP contribution in [0.15, 0.2) is 0 Å². The van der Waals surface area contributed by atoms with Crippen molar-refractivity contribution in [2.24, 2.45) is 11.5 Å². The number of unbranched alkanes of at least 4 members (excludes halogenated alkanes) is 5. The van der Waals surface area contributed by atoms with Gasteiger partial charge in [0.1, 0.15) is 0 Å². The van der Waals surface area contributed by atoms with Crippen LogP contribution in [0, 0.1) is 0 Å². The largest absolute Gasteiger partial charge is 0.370 e. The number of carbonyl (C=O) groups excluding carboxylic acids is 2. The normalized spacial score (nSPS) is 12.1. The van der Waals surface area contributed by atoms with Crippen molar-refractivity contribution in [2.75, 3.05) is 6.54 Å². The van der Waals surface area contributed by atoms with Crippen LogP contribution in [0.5, 0.6) is 0 Å². The molecule has 0 aliphatic heterocycles. The lowest BCUT2D eigenvalue weighted by Gasteiger charge is -2.10. The van der Waals surface area contributed by atoms with E-state index in [-0.39, 0.29) is 12.3 Å². The zero-order valence-electron chi connectivity index (χ0n) is 10.7. The molecule has 5 nitrogen and oxygen atoms in total. The van der Waals surface area contributed by atoms with Crippen LogP contribution >= 0.6 is 0 Å². The molecule has 0 saturated carbocycles. The Bertz CT molecular complexity index is 232. The number of hydrogen-bond donors (Lipinski definition) is 3. The van der Waals surface area contributed by atoms with Crippen LogP contribution in [-0.4, -0.2) is 24.4 Å². The van der Waals surface area contributed by atoms with Crippen LogP contribution < -0.4 is 16.8 Å². The molecule has 0 aromatic rings. The number of rotatable bonds is 10. The summed E-state index contributed by atoms with van der Waals surface area (Å²) < 4.78 is 0. The van der Waals surface area contributed by atoms with Gasteiger partial charge in [-0.05, 0) is 6.42 Å². The van der Waals surface area contributed by atoms with E-state index >= 15 is 0 Å². The summed E-state index contributed by atoms with van der Waals surface area (Å²) in [4.78, 5) is 21.9. The Kier molecular flexibility index (Phi) is 9.43. The molecule has 0 aromatic heterocycles. The maximum atomic E-state index is 11.4. The smallest absolute Gasteiger partial charge is 0.237 e. The van der Waals surface area contributed by atoms with E-state index in [4.69, 9.17) is 11.5 Å². The fraction of sp³-hybridized carbons (Fsp3) is 0.833. The highest BCUT2D eigenvalue weighted by Crippen LogP contribution is 2.04. The zero-order chi connectivity index (χ0) is 13.1. The van der Waals surface area contributed by atoms with Crippen molar-refractivity contribution in [1.82, 2.24) is 5.32 Å². The van der Waals surface area contributed by atoms with Gasteiger partial charge in [0.05, 0.1) is 12.5 Å². The van der Waals surface area contributed by atoms with E-state index in [0.29, 0.717) is 6.54 Å². The van der Waals surface area contributed by atoms with Crippen molar-refractivity contribution in [3.63, 3.8) is 0 Å². The maximum Gasteiger partial charge on any atom is 0.237 e. The van der Waals surface area contributed by atoms with Crippen molar-refractivity contribution < 1.29 is 9.59 Å². The summed E-state index contributed by atoms with van der Waals surface area (Å²) in [5.74, 6) is -0.843. The van der Waals surface area contributed by atoms with Crippen molar-refractivity contribution in [2.45, 2.75) is 57.9 Å². The number of hydrogen-bond acceptors (Lipinski definition) is 3. The van der Waals surface area contributed by atoms with Gasteiger partial charge in [-0.1, -0.05) is 39.0 Å². The first-order chi connectivity index (χ1) is 8.07. The van der Waals surface area contributed by atoms with Gasteiger partial charge in [0.25, 0.3) is 0 Å². The fourth-order valence-corrected chi connectivity index (χ4v) is 1.56. The van der Waals surface area contributed by atoms with Gasteiger partial charge in [-0.3, -0.25) is 9.59 Å². The zero-order valence-corrected chi connectivity index (χ0v) is 10.7. The van der Waals surface area contributed by atoms with Gasteiger partial charge in [-0.2, -0.15) is 0 Å². The minimum atomic E-state index is -0.812. The van der Waals surface area contributed by atoms with E-state index in [1.165, 1.54) is 25.7 Å². The highest BCUT2D eigenvalue weighted by atomic mass is 16.2. The maximum absolute atomic E-state index is 11.4. The van der Waals surface area contributed by atoms with Gasteiger partial charge in [-0.25, -0.2) is 0 Å². The van der Waals surface area contributed by atoms with Crippen LogP contribution in [0.2, 0.25) is 0 Å². The third kappa shape index (κ3) is 9.81. The van der Waals surface area contributed by atoms with Crippen LogP contribution in [0.1, 0.15) is 51.9 Å². The van der Waals surface area contributed by atoms with E-state index in [9.17, 15) is 9.59 Å². The predicted octanol–water partition coefficient (Wildman–Crippen LogP) is 0.666. The summed E-state index contributed by atoms with van der Waals surface area (Å²) in [5, 5.41) is 2.71.